The van der Waals surface area contributed by atoms with Crippen LogP contribution in [0.15, 0.2) is 45.3 Å². The summed E-state index contributed by atoms with van der Waals surface area (Å²) < 4.78 is 7.78. The maximum Gasteiger partial charge on any atom is 0.147 e. The van der Waals surface area contributed by atoms with E-state index < -0.39 is 0 Å². The number of rotatable bonds is 5. The molecule has 0 aromatic heterocycles. The van der Waals surface area contributed by atoms with Crippen molar-refractivity contribution in [2.24, 2.45) is 0 Å². The Kier molecular flexibility index (Phi) is 6.11. The quantitative estimate of drug-likeness (QED) is 0.610. The van der Waals surface area contributed by atoms with E-state index in [0.29, 0.717) is 16.8 Å². The average molecular weight is 434 g/mol. The highest BCUT2D eigenvalue weighted by Crippen LogP contribution is 2.33. The Morgan fingerprint density at radius 1 is 1.14 bits per heavy atom. The third-order valence-corrected chi connectivity index (χ3v) is 4.39. The van der Waals surface area contributed by atoms with Crippen molar-refractivity contribution in [3.63, 3.8) is 0 Å². The summed E-state index contributed by atoms with van der Waals surface area (Å²) >= 11 is 13.1. The zero-order valence-electron chi connectivity index (χ0n) is 11.8. The number of benzene rings is 2. The molecule has 0 fully saturated rings. The van der Waals surface area contributed by atoms with Crippen molar-refractivity contribution in [2.75, 3.05) is 0 Å². The topological polar surface area (TPSA) is 21.3 Å². The van der Waals surface area contributed by atoms with Crippen molar-refractivity contribution in [3.8, 4) is 11.5 Å². The molecule has 21 heavy (non-hydrogen) atoms. The first-order valence-electron chi connectivity index (χ1n) is 6.60. The van der Waals surface area contributed by atoms with Crippen LogP contribution in [0.25, 0.3) is 0 Å². The molecule has 0 unspecified atom stereocenters. The van der Waals surface area contributed by atoms with Crippen LogP contribution >= 0.6 is 43.5 Å². The zero-order chi connectivity index (χ0) is 15.4. The van der Waals surface area contributed by atoms with E-state index in [-0.39, 0.29) is 0 Å². The number of nitrogens with one attached hydrogen (secondary N) is 1. The van der Waals surface area contributed by atoms with Crippen LogP contribution in [0.1, 0.15) is 19.4 Å². The minimum atomic E-state index is 0.452. The van der Waals surface area contributed by atoms with Crippen molar-refractivity contribution in [3.05, 3.63) is 55.9 Å². The molecule has 2 nitrogen and oxygen atoms in total. The van der Waals surface area contributed by atoms with Gasteiger partial charge in [-0.15, -0.1) is 0 Å². The molecule has 1 N–H and O–H groups in total. The van der Waals surface area contributed by atoms with Crippen LogP contribution in [-0.2, 0) is 6.54 Å². The largest absolute Gasteiger partial charge is 0.456 e. The fraction of sp³-hybridized carbons (Fsp3) is 0.250. The molecular weight excluding hydrogens is 417 g/mol. The van der Waals surface area contributed by atoms with Gasteiger partial charge >= 0.3 is 0 Å². The molecule has 0 spiro atoms. The Morgan fingerprint density at radius 3 is 2.57 bits per heavy atom. The predicted molar refractivity (Wildman–Crippen MR) is 95.3 cm³/mol. The normalized spacial score (nSPS) is 11.0. The minimum absolute atomic E-state index is 0.452. The van der Waals surface area contributed by atoms with E-state index in [1.807, 2.05) is 30.3 Å². The number of halogens is 3. The van der Waals surface area contributed by atoms with Crippen molar-refractivity contribution < 1.29 is 4.74 Å². The van der Waals surface area contributed by atoms with E-state index in [2.05, 4.69) is 51.0 Å². The molecule has 2 aromatic carbocycles. The molecule has 2 aromatic rings. The van der Waals surface area contributed by atoms with E-state index in [1.165, 1.54) is 5.56 Å². The van der Waals surface area contributed by atoms with Crippen LogP contribution in [0.2, 0.25) is 5.02 Å². The Balaban J connectivity index is 2.14. The fourth-order valence-corrected chi connectivity index (χ4v) is 2.73. The van der Waals surface area contributed by atoms with E-state index in [4.69, 9.17) is 16.3 Å². The van der Waals surface area contributed by atoms with Crippen LogP contribution in [0.5, 0.6) is 11.5 Å². The van der Waals surface area contributed by atoms with Crippen molar-refractivity contribution >= 4 is 43.5 Å². The van der Waals surface area contributed by atoms with Gasteiger partial charge in [0.05, 0.1) is 5.02 Å². The Morgan fingerprint density at radius 2 is 1.90 bits per heavy atom. The van der Waals surface area contributed by atoms with E-state index >= 15 is 0 Å². The first kappa shape index (κ1) is 16.8. The van der Waals surface area contributed by atoms with Crippen molar-refractivity contribution in [1.82, 2.24) is 5.32 Å². The highest BCUT2D eigenvalue weighted by atomic mass is 79.9. The van der Waals surface area contributed by atoms with Gasteiger partial charge in [0.25, 0.3) is 0 Å². The zero-order valence-corrected chi connectivity index (χ0v) is 15.7. The van der Waals surface area contributed by atoms with Gasteiger partial charge in [0.1, 0.15) is 11.5 Å². The minimum Gasteiger partial charge on any atom is -0.456 e. The Hall–Kier alpha value is -0.550. The van der Waals surface area contributed by atoms with Crippen molar-refractivity contribution in [1.29, 1.82) is 0 Å². The van der Waals surface area contributed by atoms with Crippen molar-refractivity contribution in [2.45, 2.75) is 26.4 Å². The van der Waals surface area contributed by atoms with Gasteiger partial charge in [-0.2, -0.15) is 0 Å². The lowest BCUT2D eigenvalue weighted by molar-refractivity contribution is 0.481. The molecule has 0 bridgehead atoms. The van der Waals surface area contributed by atoms with Gasteiger partial charge in [-0.25, -0.2) is 0 Å². The smallest absolute Gasteiger partial charge is 0.147 e. The van der Waals surface area contributed by atoms with Crippen LogP contribution in [0.3, 0.4) is 0 Å². The molecule has 0 heterocycles. The highest BCUT2D eigenvalue weighted by Gasteiger charge is 2.07. The molecule has 112 valence electrons. The summed E-state index contributed by atoms with van der Waals surface area (Å²) in [7, 11) is 0. The molecule has 0 atom stereocenters. The molecule has 0 aliphatic rings. The van der Waals surface area contributed by atoms with Crippen LogP contribution in [-0.4, -0.2) is 6.04 Å². The van der Waals surface area contributed by atoms with Gasteiger partial charge in [0.15, 0.2) is 0 Å². The third-order valence-electron chi connectivity index (χ3n) is 2.85. The van der Waals surface area contributed by atoms with Crippen LogP contribution in [0.4, 0.5) is 0 Å². The second kappa shape index (κ2) is 7.63. The number of hydrogen-bond acceptors (Lipinski definition) is 2. The first-order valence-corrected chi connectivity index (χ1v) is 8.57. The van der Waals surface area contributed by atoms with E-state index in [0.717, 1.165) is 21.2 Å². The second-order valence-electron chi connectivity index (χ2n) is 4.97. The summed E-state index contributed by atoms with van der Waals surface area (Å²) in [6, 6.07) is 11.9. The monoisotopic (exact) mass is 431 g/mol. The maximum atomic E-state index is 6.13. The average Bonchev–Trinajstić information content (AvgIpc) is 2.42. The van der Waals surface area contributed by atoms with Gasteiger partial charge in [-0.1, -0.05) is 63.4 Å². The lowest BCUT2D eigenvalue weighted by atomic mass is 10.2. The summed E-state index contributed by atoms with van der Waals surface area (Å²) in [6.45, 7) is 5.07. The first-order chi connectivity index (χ1) is 9.95. The fourth-order valence-electron chi connectivity index (χ4n) is 1.73. The molecule has 0 aliphatic carbocycles. The molecular formula is C16H16Br2ClNO. The Bertz CT molecular complexity index is 632. The van der Waals surface area contributed by atoms with Gasteiger partial charge in [0, 0.05) is 21.5 Å². The summed E-state index contributed by atoms with van der Waals surface area (Å²) in [5, 5.41) is 3.97. The molecule has 0 aliphatic heterocycles. The number of hydrogen-bond donors (Lipinski definition) is 1. The maximum absolute atomic E-state index is 6.13. The van der Waals surface area contributed by atoms with E-state index in [1.54, 1.807) is 6.07 Å². The highest BCUT2D eigenvalue weighted by molar-refractivity contribution is 9.10. The van der Waals surface area contributed by atoms with Gasteiger partial charge < -0.3 is 10.1 Å². The molecule has 0 radical (unpaired) electrons. The predicted octanol–water partition coefficient (Wildman–Crippen LogP) is 6.16. The summed E-state index contributed by atoms with van der Waals surface area (Å²) in [6.07, 6.45) is 0. The SMILES string of the molecule is CC(C)NCc1ccc(Oc2cc(Br)ccc2Cl)cc1Br. The lowest BCUT2D eigenvalue weighted by Gasteiger charge is -2.12. The lowest BCUT2D eigenvalue weighted by Crippen LogP contribution is -2.21. The summed E-state index contributed by atoms with van der Waals surface area (Å²) in [5.41, 5.74) is 1.19. The molecule has 5 heteroatoms. The molecule has 0 saturated heterocycles. The van der Waals surface area contributed by atoms with Gasteiger partial charge in [-0.05, 0) is 35.9 Å². The molecule has 2 rings (SSSR count). The Labute approximate surface area is 147 Å². The number of ether oxygens (including phenoxy) is 1. The second-order valence-corrected chi connectivity index (χ2v) is 7.14. The molecule has 0 saturated carbocycles. The van der Waals surface area contributed by atoms with Gasteiger partial charge in [0.2, 0.25) is 0 Å². The molecule has 0 amide bonds. The summed E-state index contributed by atoms with van der Waals surface area (Å²) in [5.74, 6) is 1.38. The summed E-state index contributed by atoms with van der Waals surface area (Å²) in [4.78, 5) is 0. The van der Waals surface area contributed by atoms with Crippen LogP contribution in [0, 0.1) is 0 Å². The standard InChI is InChI=1S/C16H16Br2ClNO/c1-10(2)20-9-11-3-5-13(8-14(11)18)21-16-7-12(17)4-6-15(16)19/h3-8,10,20H,9H2,1-2H3. The van der Waals surface area contributed by atoms with E-state index in [9.17, 15) is 0 Å². The third kappa shape index (κ3) is 4.99. The van der Waals surface area contributed by atoms with Gasteiger partial charge in [-0.3, -0.25) is 0 Å². The van der Waals surface area contributed by atoms with Crippen LogP contribution < -0.4 is 10.1 Å².